The molecule has 30 heavy (non-hydrogen) atoms. The average molecular weight is 421 g/mol. The third-order valence-electron chi connectivity index (χ3n) is 5.34. The predicted octanol–water partition coefficient (Wildman–Crippen LogP) is 4.60. The maximum Gasteiger partial charge on any atom is 0.230 e. The van der Waals surface area contributed by atoms with Gasteiger partial charge in [-0.25, -0.2) is 9.37 Å². The lowest BCUT2D eigenvalue weighted by molar-refractivity contribution is -0.123. The van der Waals surface area contributed by atoms with Crippen LogP contribution in [-0.4, -0.2) is 24.0 Å². The molecule has 1 saturated heterocycles. The Hall–Kier alpha value is -3.24. The number of hydrogen-bond acceptors (Lipinski definition) is 5. The molecular weight excluding hydrogens is 399 g/mol. The van der Waals surface area contributed by atoms with Crippen LogP contribution in [0.3, 0.4) is 0 Å². The van der Waals surface area contributed by atoms with Gasteiger partial charge in [0.15, 0.2) is 0 Å². The first-order chi connectivity index (χ1) is 14.6. The Bertz CT molecular complexity index is 1020. The zero-order valence-electron chi connectivity index (χ0n) is 16.4. The number of halogens is 1. The van der Waals surface area contributed by atoms with Gasteiger partial charge in [-0.3, -0.25) is 4.79 Å². The van der Waals surface area contributed by atoms with Gasteiger partial charge in [-0.05, 0) is 60.7 Å². The molecule has 0 spiro atoms. The number of nitrogens with zero attached hydrogens (tertiary/aromatic N) is 4. The van der Waals surface area contributed by atoms with Gasteiger partial charge in [-0.2, -0.15) is 5.26 Å². The Morgan fingerprint density at radius 2 is 1.97 bits per heavy atom. The monoisotopic (exact) mass is 420 g/mol. The molecule has 2 aromatic heterocycles. The van der Waals surface area contributed by atoms with Crippen molar-refractivity contribution in [2.24, 2.45) is 5.92 Å². The average Bonchev–Trinajstić information content (AvgIpc) is 3.31. The van der Waals surface area contributed by atoms with E-state index in [1.54, 1.807) is 40.6 Å². The van der Waals surface area contributed by atoms with Crippen molar-refractivity contribution in [1.82, 2.24) is 4.98 Å². The van der Waals surface area contributed by atoms with Crippen molar-refractivity contribution < 1.29 is 9.18 Å². The number of pyridine rings is 1. The third-order valence-corrected chi connectivity index (χ3v) is 6.20. The summed E-state index contributed by atoms with van der Waals surface area (Å²) in [6.07, 6.45) is 3.02. The molecule has 3 aromatic rings. The molecule has 0 radical (unpaired) electrons. The molecule has 7 heteroatoms. The van der Waals surface area contributed by atoms with Crippen molar-refractivity contribution in [3.05, 3.63) is 76.4 Å². The highest BCUT2D eigenvalue weighted by Crippen LogP contribution is 2.28. The first kappa shape index (κ1) is 20.0. The number of thiophene rings is 1. The van der Waals surface area contributed by atoms with Gasteiger partial charge in [0, 0.05) is 35.8 Å². The molecule has 1 aromatic carbocycles. The SMILES string of the molecule is N#Cc1ccc(N2CCC(C(=O)N(Cc3cccs3)c3ccc(F)cc3)CC2)nc1. The Kier molecular flexibility index (Phi) is 6.05. The molecule has 0 aliphatic carbocycles. The molecule has 1 amide bonds. The largest absolute Gasteiger partial charge is 0.357 e. The zero-order valence-corrected chi connectivity index (χ0v) is 17.2. The van der Waals surface area contributed by atoms with E-state index in [9.17, 15) is 9.18 Å². The van der Waals surface area contributed by atoms with Crippen LogP contribution < -0.4 is 9.80 Å². The van der Waals surface area contributed by atoms with Crippen LogP contribution in [0.1, 0.15) is 23.3 Å². The quantitative estimate of drug-likeness (QED) is 0.605. The summed E-state index contributed by atoms with van der Waals surface area (Å²) in [7, 11) is 0. The van der Waals surface area contributed by atoms with Gasteiger partial charge in [0.05, 0.1) is 12.1 Å². The molecule has 1 aliphatic rings. The van der Waals surface area contributed by atoms with E-state index in [4.69, 9.17) is 5.26 Å². The summed E-state index contributed by atoms with van der Waals surface area (Å²) in [4.78, 5) is 22.8. The number of anilines is 2. The molecule has 0 atom stereocenters. The number of hydrogen-bond donors (Lipinski definition) is 0. The van der Waals surface area contributed by atoms with Crippen molar-refractivity contribution in [2.75, 3.05) is 22.9 Å². The fraction of sp³-hybridized carbons (Fsp3) is 0.261. The van der Waals surface area contributed by atoms with E-state index in [0.29, 0.717) is 17.8 Å². The van der Waals surface area contributed by atoms with Crippen LogP contribution in [0.4, 0.5) is 15.9 Å². The number of nitriles is 1. The van der Waals surface area contributed by atoms with Gasteiger partial charge in [-0.15, -0.1) is 11.3 Å². The normalized spacial score (nSPS) is 14.3. The van der Waals surface area contributed by atoms with Crippen LogP contribution in [0.5, 0.6) is 0 Å². The van der Waals surface area contributed by atoms with E-state index in [1.165, 1.54) is 12.1 Å². The Labute approximate surface area is 179 Å². The number of rotatable bonds is 5. The van der Waals surface area contributed by atoms with E-state index in [2.05, 4.69) is 16.0 Å². The number of carbonyl (C=O) groups excluding carboxylic acids is 1. The third kappa shape index (κ3) is 4.50. The number of piperidine rings is 1. The predicted molar refractivity (Wildman–Crippen MR) is 116 cm³/mol. The lowest BCUT2D eigenvalue weighted by atomic mass is 9.94. The minimum Gasteiger partial charge on any atom is -0.357 e. The molecule has 4 rings (SSSR count). The molecule has 5 nitrogen and oxygen atoms in total. The molecule has 0 saturated carbocycles. The summed E-state index contributed by atoms with van der Waals surface area (Å²) in [5.41, 5.74) is 1.25. The highest BCUT2D eigenvalue weighted by molar-refractivity contribution is 7.09. The van der Waals surface area contributed by atoms with Crippen LogP contribution in [0.2, 0.25) is 0 Å². The Morgan fingerprint density at radius 3 is 2.57 bits per heavy atom. The first-order valence-corrected chi connectivity index (χ1v) is 10.7. The van der Waals surface area contributed by atoms with Crippen LogP contribution in [0, 0.1) is 23.1 Å². The maximum absolute atomic E-state index is 13.4. The smallest absolute Gasteiger partial charge is 0.230 e. The fourth-order valence-electron chi connectivity index (χ4n) is 3.69. The van der Waals surface area contributed by atoms with Gasteiger partial charge in [0.25, 0.3) is 0 Å². The second-order valence-corrected chi connectivity index (χ2v) is 8.29. The van der Waals surface area contributed by atoms with Crippen molar-refractivity contribution in [3.8, 4) is 6.07 Å². The lowest BCUT2D eigenvalue weighted by Crippen LogP contribution is -2.42. The second-order valence-electron chi connectivity index (χ2n) is 7.26. The van der Waals surface area contributed by atoms with Crippen molar-refractivity contribution in [2.45, 2.75) is 19.4 Å². The Balaban J connectivity index is 1.46. The molecule has 1 fully saturated rings. The van der Waals surface area contributed by atoms with Gasteiger partial charge >= 0.3 is 0 Å². The summed E-state index contributed by atoms with van der Waals surface area (Å²) in [5.74, 6) is 0.492. The topological polar surface area (TPSA) is 60.2 Å². The van der Waals surface area contributed by atoms with E-state index in [0.717, 1.165) is 36.6 Å². The van der Waals surface area contributed by atoms with Crippen LogP contribution in [0.15, 0.2) is 60.1 Å². The van der Waals surface area contributed by atoms with Crippen molar-refractivity contribution in [3.63, 3.8) is 0 Å². The molecule has 152 valence electrons. The second kappa shape index (κ2) is 9.06. The lowest BCUT2D eigenvalue weighted by Gasteiger charge is -2.34. The van der Waals surface area contributed by atoms with Crippen LogP contribution in [-0.2, 0) is 11.3 Å². The number of benzene rings is 1. The summed E-state index contributed by atoms with van der Waals surface area (Å²) in [6, 6.07) is 15.8. The highest BCUT2D eigenvalue weighted by Gasteiger charge is 2.30. The van der Waals surface area contributed by atoms with E-state index in [-0.39, 0.29) is 17.6 Å². The zero-order chi connectivity index (χ0) is 20.9. The molecule has 0 unspecified atom stereocenters. The summed E-state index contributed by atoms with van der Waals surface area (Å²) < 4.78 is 13.4. The molecule has 0 bridgehead atoms. The van der Waals surface area contributed by atoms with Crippen molar-refractivity contribution in [1.29, 1.82) is 5.26 Å². The van der Waals surface area contributed by atoms with E-state index in [1.807, 2.05) is 23.6 Å². The minimum absolute atomic E-state index is 0.0717. The summed E-state index contributed by atoms with van der Waals surface area (Å²) in [5, 5.41) is 10.9. The van der Waals surface area contributed by atoms with Crippen molar-refractivity contribution >= 4 is 28.7 Å². The molecule has 3 heterocycles. The molecule has 0 N–H and O–H groups in total. The van der Waals surface area contributed by atoms with Gasteiger partial charge in [-0.1, -0.05) is 6.07 Å². The number of aromatic nitrogens is 1. The first-order valence-electron chi connectivity index (χ1n) is 9.84. The Morgan fingerprint density at radius 1 is 1.20 bits per heavy atom. The van der Waals surface area contributed by atoms with Gasteiger partial charge in [0.1, 0.15) is 17.7 Å². The van der Waals surface area contributed by atoms with Gasteiger partial charge < -0.3 is 9.80 Å². The molecule has 1 aliphatic heterocycles. The minimum atomic E-state index is -0.314. The highest BCUT2D eigenvalue weighted by atomic mass is 32.1. The van der Waals surface area contributed by atoms with E-state index >= 15 is 0 Å². The summed E-state index contributed by atoms with van der Waals surface area (Å²) in [6.45, 7) is 1.94. The van der Waals surface area contributed by atoms with Crippen LogP contribution >= 0.6 is 11.3 Å². The van der Waals surface area contributed by atoms with E-state index < -0.39 is 0 Å². The number of carbonyl (C=O) groups is 1. The number of amides is 1. The fourth-order valence-corrected chi connectivity index (χ4v) is 4.38. The standard InChI is InChI=1S/C23H21FN4OS/c24-19-4-6-20(7-5-19)28(16-21-2-1-13-30-21)23(29)18-9-11-27(12-10-18)22-8-3-17(14-25)15-26-22/h1-8,13,15,18H,9-12,16H2. The maximum atomic E-state index is 13.4. The van der Waals surface area contributed by atoms with Gasteiger partial charge in [0.2, 0.25) is 5.91 Å². The molecular formula is C23H21FN4OS. The summed E-state index contributed by atoms with van der Waals surface area (Å²) >= 11 is 1.61. The van der Waals surface area contributed by atoms with Crippen LogP contribution in [0.25, 0.3) is 0 Å².